The van der Waals surface area contributed by atoms with E-state index in [2.05, 4.69) is 10.3 Å². The van der Waals surface area contributed by atoms with Crippen molar-refractivity contribution in [1.29, 1.82) is 0 Å². The van der Waals surface area contributed by atoms with Gasteiger partial charge in [0.15, 0.2) is 5.16 Å². The second kappa shape index (κ2) is 5.99. The number of rotatable bonds is 3. The third kappa shape index (κ3) is 2.75. The van der Waals surface area contributed by atoms with Crippen LogP contribution < -0.4 is 10.9 Å². The van der Waals surface area contributed by atoms with Crippen LogP contribution in [0.1, 0.15) is 42.5 Å². The molecule has 0 radical (unpaired) electrons. The van der Waals surface area contributed by atoms with E-state index in [1.54, 1.807) is 16.3 Å². The smallest absolute Gasteiger partial charge is 0.267 e. The molecule has 1 aromatic heterocycles. The Hall–Kier alpha value is -1.30. The first kappa shape index (κ1) is 13.7. The minimum Gasteiger partial charge on any atom is -0.352 e. The largest absolute Gasteiger partial charge is 0.352 e. The van der Waals surface area contributed by atoms with E-state index in [0.717, 1.165) is 10.9 Å². The number of hydrogen-bond acceptors (Lipinski definition) is 4. The summed E-state index contributed by atoms with van der Waals surface area (Å²) in [5.41, 5.74) is -0.0341. The summed E-state index contributed by atoms with van der Waals surface area (Å²) < 4.78 is 1.60. The molecular formula is C14H19N3O2S. The average molecular weight is 293 g/mol. The lowest BCUT2D eigenvalue weighted by Gasteiger charge is -2.21. The van der Waals surface area contributed by atoms with E-state index in [1.165, 1.54) is 38.3 Å². The van der Waals surface area contributed by atoms with Gasteiger partial charge < -0.3 is 5.32 Å². The van der Waals surface area contributed by atoms with Gasteiger partial charge in [-0.3, -0.25) is 14.2 Å². The summed E-state index contributed by atoms with van der Waals surface area (Å²) in [6.07, 6.45) is 7.58. The number of carbonyl (C=O) groups excluding carboxylic acids is 1. The van der Waals surface area contributed by atoms with Gasteiger partial charge in [0, 0.05) is 25.0 Å². The van der Waals surface area contributed by atoms with Crippen molar-refractivity contribution in [1.82, 2.24) is 14.9 Å². The van der Waals surface area contributed by atoms with Gasteiger partial charge in [0.2, 0.25) is 0 Å². The van der Waals surface area contributed by atoms with E-state index < -0.39 is 0 Å². The minimum atomic E-state index is -0.278. The highest BCUT2D eigenvalue weighted by atomic mass is 32.2. The lowest BCUT2D eigenvalue weighted by atomic mass is 9.89. The van der Waals surface area contributed by atoms with Gasteiger partial charge in [-0.05, 0) is 18.8 Å². The van der Waals surface area contributed by atoms with Gasteiger partial charge in [-0.25, -0.2) is 4.98 Å². The molecule has 0 aromatic carbocycles. The van der Waals surface area contributed by atoms with Gasteiger partial charge in [0.25, 0.3) is 11.5 Å². The molecule has 2 aliphatic rings. The van der Waals surface area contributed by atoms with Crippen LogP contribution in [0.4, 0.5) is 0 Å². The molecule has 1 aliphatic heterocycles. The Kier molecular flexibility index (Phi) is 4.10. The van der Waals surface area contributed by atoms with E-state index >= 15 is 0 Å². The van der Waals surface area contributed by atoms with Gasteiger partial charge in [0.1, 0.15) is 5.56 Å². The molecule has 1 aromatic rings. The Morgan fingerprint density at radius 2 is 2.20 bits per heavy atom. The van der Waals surface area contributed by atoms with Crippen LogP contribution in [-0.4, -0.2) is 27.8 Å². The molecule has 108 valence electrons. The van der Waals surface area contributed by atoms with Gasteiger partial charge in [-0.15, -0.1) is 0 Å². The molecule has 0 bridgehead atoms. The number of amides is 1. The molecule has 1 fully saturated rings. The lowest BCUT2D eigenvalue weighted by molar-refractivity contribution is 0.0940. The van der Waals surface area contributed by atoms with E-state index in [-0.39, 0.29) is 17.0 Å². The molecule has 1 aliphatic carbocycles. The summed E-state index contributed by atoms with van der Waals surface area (Å²) in [4.78, 5) is 28.5. The summed E-state index contributed by atoms with van der Waals surface area (Å²) in [6, 6.07) is 0. The zero-order valence-corrected chi connectivity index (χ0v) is 12.2. The lowest BCUT2D eigenvalue weighted by Crippen LogP contribution is -2.36. The molecule has 0 spiro atoms. The molecule has 6 heteroatoms. The maximum Gasteiger partial charge on any atom is 0.267 e. The van der Waals surface area contributed by atoms with Crippen LogP contribution in [0.2, 0.25) is 0 Å². The Labute approximate surface area is 122 Å². The average Bonchev–Trinajstić information content (AvgIpc) is 2.96. The second-order valence-corrected chi connectivity index (χ2v) is 6.54. The van der Waals surface area contributed by atoms with Crippen molar-refractivity contribution in [3.05, 3.63) is 22.1 Å². The van der Waals surface area contributed by atoms with Crippen LogP contribution in [0.3, 0.4) is 0 Å². The van der Waals surface area contributed by atoms with Crippen LogP contribution in [0, 0.1) is 5.92 Å². The molecular weight excluding hydrogens is 274 g/mol. The van der Waals surface area contributed by atoms with Crippen LogP contribution >= 0.6 is 11.8 Å². The topological polar surface area (TPSA) is 64.0 Å². The van der Waals surface area contributed by atoms with Crippen LogP contribution in [0.25, 0.3) is 0 Å². The Balaban J connectivity index is 1.67. The fourth-order valence-electron chi connectivity index (χ4n) is 2.90. The highest BCUT2D eigenvalue weighted by Gasteiger charge is 2.21. The zero-order valence-electron chi connectivity index (χ0n) is 11.4. The van der Waals surface area contributed by atoms with Gasteiger partial charge in [-0.2, -0.15) is 0 Å². The van der Waals surface area contributed by atoms with Gasteiger partial charge in [0.05, 0.1) is 0 Å². The summed E-state index contributed by atoms with van der Waals surface area (Å²) >= 11 is 1.56. The number of aromatic nitrogens is 2. The summed E-state index contributed by atoms with van der Waals surface area (Å²) in [7, 11) is 0. The number of carbonyl (C=O) groups is 1. The van der Waals surface area contributed by atoms with E-state index in [0.29, 0.717) is 19.0 Å². The first-order valence-corrected chi connectivity index (χ1v) is 8.25. The maximum absolute atomic E-state index is 12.2. The third-order valence-electron chi connectivity index (χ3n) is 4.08. The van der Waals surface area contributed by atoms with Crippen LogP contribution in [0.5, 0.6) is 0 Å². The highest BCUT2D eigenvalue weighted by molar-refractivity contribution is 7.99. The number of nitrogens with one attached hydrogen (secondary N) is 1. The summed E-state index contributed by atoms with van der Waals surface area (Å²) in [5, 5.41) is 3.62. The Morgan fingerprint density at radius 1 is 1.40 bits per heavy atom. The van der Waals surface area contributed by atoms with Gasteiger partial charge in [-0.1, -0.05) is 31.0 Å². The molecule has 5 nitrogen and oxygen atoms in total. The van der Waals surface area contributed by atoms with Crippen LogP contribution in [0.15, 0.2) is 16.1 Å². The van der Waals surface area contributed by atoms with Crippen molar-refractivity contribution in [3.63, 3.8) is 0 Å². The SMILES string of the molecule is O=C(NCC1CCCCC1)c1cnc2n(c1=O)CCS2. The molecule has 2 heterocycles. The van der Waals surface area contributed by atoms with Crippen LogP contribution in [-0.2, 0) is 6.54 Å². The molecule has 1 N–H and O–H groups in total. The highest BCUT2D eigenvalue weighted by Crippen LogP contribution is 2.23. The van der Waals surface area contributed by atoms with Crippen molar-refractivity contribution >= 4 is 17.7 Å². The second-order valence-electron chi connectivity index (χ2n) is 5.47. The predicted molar refractivity (Wildman–Crippen MR) is 78.1 cm³/mol. The summed E-state index contributed by atoms with van der Waals surface area (Å²) in [6.45, 7) is 1.32. The number of hydrogen-bond donors (Lipinski definition) is 1. The van der Waals surface area contributed by atoms with Crippen molar-refractivity contribution < 1.29 is 4.79 Å². The van der Waals surface area contributed by atoms with E-state index in [9.17, 15) is 9.59 Å². The maximum atomic E-state index is 12.2. The molecule has 20 heavy (non-hydrogen) atoms. The molecule has 3 rings (SSSR count). The third-order valence-corrected chi connectivity index (χ3v) is 5.05. The quantitative estimate of drug-likeness (QED) is 0.861. The van der Waals surface area contributed by atoms with Crippen molar-refractivity contribution in [2.24, 2.45) is 5.92 Å². The normalized spacial score (nSPS) is 18.8. The number of thioether (sulfide) groups is 1. The molecule has 0 saturated heterocycles. The summed E-state index contributed by atoms with van der Waals surface area (Å²) in [5.74, 6) is 1.14. The monoisotopic (exact) mass is 293 g/mol. The molecule has 0 unspecified atom stereocenters. The molecule has 1 saturated carbocycles. The predicted octanol–water partition coefficient (Wildman–Crippen LogP) is 1.66. The van der Waals surface area contributed by atoms with Gasteiger partial charge >= 0.3 is 0 Å². The fraction of sp³-hybridized carbons (Fsp3) is 0.643. The molecule has 0 atom stereocenters. The van der Waals surface area contributed by atoms with Crippen molar-refractivity contribution in [3.8, 4) is 0 Å². The molecule has 1 amide bonds. The zero-order chi connectivity index (χ0) is 13.9. The Bertz CT molecular complexity index is 564. The van der Waals surface area contributed by atoms with E-state index in [4.69, 9.17) is 0 Å². The minimum absolute atomic E-state index is 0.173. The number of nitrogens with zero attached hydrogens (tertiary/aromatic N) is 2. The fourth-order valence-corrected chi connectivity index (χ4v) is 3.81. The van der Waals surface area contributed by atoms with Crippen molar-refractivity contribution in [2.75, 3.05) is 12.3 Å². The Morgan fingerprint density at radius 3 is 3.00 bits per heavy atom. The first-order valence-electron chi connectivity index (χ1n) is 7.26. The number of fused-ring (bicyclic) bond motifs is 1. The standard InChI is InChI=1S/C14H19N3O2S/c18-12(15-8-10-4-2-1-3-5-10)11-9-16-14-17(13(11)19)6-7-20-14/h9-10H,1-8H2,(H,15,18). The van der Waals surface area contributed by atoms with Crippen molar-refractivity contribution in [2.45, 2.75) is 43.8 Å². The van der Waals surface area contributed by atoms with E-state index in [1.807, 2.05) is 0 Å². The first-order chi connectivity index (χ1) is 9.75.